The molecule has 4 heteroatoms. The van der Waals surface area contributed by atoms with Crippen LogP contribution in [0.15, 0.2) is 0 Å². The molecule has 0 aliphatic heterocycles. The molecule has 2 atom stereocenters. The summed E-state index contributed by atoms with van der Waals surface area (Å²) in [4.78, 5) is 0. The topological polar surface area (TPSA) is 12.0 Å². The van der Waals surface area contributed by atoms with Crippen molar-refractivity contribution >= 4 is 0 Å². The minimum absolute atomic E-state index is 0.301. The van der Waals surface area contributed by atoms with Crippen LogP contribution in [0.2, 0.25) is 0 Å². The van der Waals surface area contributed by atoms with Crippen molar-refractivity contribution in [3.63, 3.8) is 0 Å². The van der Waals surface area contributed by atoms with E-state index in [0.717, 1.165) is 0 Å². The van der Waals surface area contributed by atoms with Crippen LogP contribution in [0.4, 0.5) is 13.2 Å². The second-order valence-corrected chi connectivity index (χ2v) is 4.53. The van der Waals surface area contributed by atoms with Crippen molar-refractivity contribution in [3.8, 4) is 0 Å². The predicted octanol–water partition coefficient (Wildman–Crippen LogP) is 2.43. The Hall–Kier alpha value is -0.250. The van der Waals surface area contributed by atoms with Crippen molar-refractivity contribution in [2.45, 2.75) is 26.9 Å². The second-order valence-electron chi connectivity index (χ2n) is 4.53. The highest BCUT2D eigenvalue weighted by atomic mass is 19.4. The zero-order valence-electron chi connectivity index (χ0n) is 8.42. The molecule has 2 unspecified atom stereocenters. The van der Waals surface area contributed by atoms with E-state index < -0.39 is 17.0 Å². The highest BCUT2D eigenvalue weighted by Crippen LogP contribution is 2.74. The van der Waals surface area contributed by atoms with Crippen LogP contribution in [0.3, 0.4) is 0 Å². The quantitative estimate of drug-likeness (QED) is 0.713. The summed E-state index contributed by atoms with van der Waals surface area (Å²) in [6.45, 7) is 5.11. The molecule has 13 heavy (non-hydrogen) atoms. The van der Waals surface area contributed by atoms with Crippen LogP contribution in [0.1, 0.15) is 20.8 Å². The molecule has 0 radical (unpaired) electrons. The first-order valence-corrected chi connectivity index (χ1v) is 4.41. The van der Waals surface area contributed by atoms with Crippen LogP contribution < -0.4 is 5.32 Å². The van der Waals surface area contributed by atoms with Gasteiger partial charge in [-0.1, -0.05) is 20.8 Å². The van der Waals surface area contributed by atoms with E-state index in [1.54, 1.807) is 20.9 Å². The predicted molar refractivity (Wildman–Crippen MR) is 45.4 cm³/mol. The Kier molecular flexibility index (Phi) is 2.19. The normalized spacial score (nSPS) is 37.6. The summed E-state index contributed by atoms with van der Waals surface area (Å²) in [6, 6.07) is 0. The van der Waals surface area contributed by atoms with Gasteiger partial charge in [-0.2, -0.15) is 13.2 Å². The van der Waals surface area contributed by atoms with Crippen molar-refractivity contribution in [1.82, 2.24) is 5.32 Å². The van der Waals surface area contributed by atoms with Crippen LogP contribution in [-0.2, 0) is 0 Å². The highest BCUT2D eigenvalue weighted by molar-refractivity contribution is 5.18. The Bertz CT molecular complexity index is 209. The van der Waals surface area contributed by atoms with Crippen LogP contribution in [0, 0.1) is 16.7 Å². The fourth-order valence-corrected chi connectivity index (χ4v) is 2.33. The van der Waals surface area contributed by atoms with Gasteiger partial charge in [-0.3, -0.25) is 0 Å². The lowest BCUT2D eigenvalue weighted by molar-refractivity contribution is -0.194. The average molecular weight is 195 g/mol. The van der Waals surface area contributed by atoms with E-state index in [9.17, 15) is 13.2 Å². The standard InChI is InChI=1S/C9H16F3N/c1-7(2)6(5-13-4)8(7,3)9(10,11)12/h6,13H,5H2,1-4H3. The van der Waals surface area contributed by atoms with Gasteiger partial charge in [0.25, 0.3) is 0 Å². The smallest absolute Gasteiger partial charge is 0.319 e. The third kappa shape index (κ3) is 1.18. The summed E-state index contributed by atoms with van der Waals surface area (Å²) in [7, 11) is 1.69. The first kappa shape index (κ1) is 10.8. The molecule has 1 N–H and O–H groups in total. The van der Waals surface area contributed by atoms with E-state index in [1.165, 1.54) is 6.92 Å². The summed E-state index contributed by atoms with van der Waals surface area (Å²) in [5.74, 6) is -0.301. The van der Waals surface area contributed by atoms with Gasteiger partial charge in [0.2, 0.25) is 0 Å². The molecule has 0 heterocycles. The molecule has 1 aliphatic carbocycles. The van der Waals surface area contributed by atoms with Gasteiger partial charge in [0, 0.05) is 0 Å². The monoisotopic (exact) mass is 195 g/mol. The van der Waals surface area contributed by atoms with Crippen molar-refractivity contribution in [3.05, 3.63) is 0 Å². The van der Waals surface area contributed by atoms with E-state index in [1.807, 2.05) is 0 Å². The van der Waals surface area contributed by atoms with E-state index in [0.29, 0.717) is 6.54 Å². The third-order valence-corrected chi connectivity index (χ3v) is 3.82. The van der Waals surface area contributed by atoms with Crippen molar-refractivity contribution < 1.29 is 13.2 Å². The lowest BCUT2D eigenvalue weighted by Gasteiger charge is -2.18. The fourth-order valence-electron chi connectivity index (χ4n) is 2.33. The van der Waals surface area contributed by atoms with E-state index in [2.05, 4.69) is 5.32 Å². The SMILES string of the molecule is CNCC1C(C)(C)C1(C)C(F)(F)F. The van der Waals surface area contributed by atoms with Crippen LogP contribution in [0.5, 0.6) is 0 Å². The number of halogens is 3. The highest BCUT2D eigenvalue weighted by Gasteiger charge is 2.79. The summed E-state index contributed by atoms with van der Waals surface area (Å²) < 4.78 is 38.0. The molecular formula is C9H16F3N. The van der Waals surface area contributed by atoms with E-state index in [-0.39, 0.29) is 5.92 Å². The molecule has 0 aromatic rings. The first-order valence-electron chi connectivity index (χ1n) is 4.41. The molecule has 1 fully saturated rings. The number of nitrogens with one attached hydrogen (secondary N) is 1. The molecule has 1 saturated carbocycles. The lowest BCUT2D eigenvalue weighted by Crippen LogP contribution is -2.28. The largest absolute Gasteiger partial charge is 0.395 e. The third-order valence-electron chi connectivity index (χ3n) is 3.82. The molecule has 0 spiro atoms. The van der Waals surface area contributed by atoms with Crippen LogP contribution >= 0.6 is 0 Å². The Morgan fingerprint density at radius 1 is 1.23 bits per heavy atom. The van der Waals surface area contributed by atoms with Crippen LogP contribution in [0.25, 0.3) is 0 Å². The second kappa shape index (κ2) is 2.62. The van der Waals surface area contributed by atoms with Gasteiger partial charge in [-0.25, -0.2) is 0 Å². The Balaban J connectivity index is 2.84. The number of hydrogen-bond donors (Lipinski definition) is 1. The molecule has 1 aliphatic rings. The summed E-state index contributed by atoms with van der Waals surface area (Å²) in [5, 5.41) is 2.81. The Labute approximate surface area is 76.7 Å². The molecular weight excluding hydrogens is 179 g/mol. The fraction of sp³-hybridized carbons (Fsp3) is 1.00. The molecule has 0 aromatic carbocycles. The molecule has 0 aromatic heterocycles. The van der Waals surface area contributed by atoms with Gasteiger partial charge in [0.1, 0.15) is 0 Å². The molecule has 0 bridgehead atoms. The molecule has 1 nitrogen and oxygen atoms in total. The Morgan fingerprint density at radius 3 is 1.92 bits per heavy atom. The number of rotatable bonds is 2. The van der Waals surface area contributed by atoms with Gasteiger partial charge < -0.3 is 5.32 Å². The minimum Gasteiger partial charge on any atom is -0.319 e. The van der Waals surface area contributed by atoms with Gasteiger partial charge in [0.15, 0.2) is 0 Å². The van der Waals surface area contributed by atoms with Gasteiger partial charge in [-0.05, 0) is 24.9 Å². The molecule has 0 amide bonds. The van der Waals surface area contributed by atoms with E-state index in [4.69, 9.17) is 0 Å². The molecule has 1 rings (SSSR count). The summed E-state index contributed by atoms with van der Waals surface area (Å²) in [5.41, 5.74) is -2.14. The maximum Gasteiger partial charge on any atom is 0.395 e. The zero-order chi connectivity index (χ0) is 10.5. The Morgan fingerprint density at radius 2 is 1.69 bits per heavy atom. The lowest BCUT2D eigenvalue weighted by atomic mass is 9.98. The molecule has 78 valence electrons. The zero-order valence-corrected chi connectivity index (χ0v) is 8.42. The minimum atomic E-state index is -4.09. The van der Waals surface area contributed by atoms with Crippen molar-refractivity contribution in [2.75, 3.05) is 13.6 Å². The summed E-state index contributed by atoms with van der Waals surface area (Å²) >= 11 is 0. The van der Waals surface area contributed by atoms with Crippen molar-refractivity contribution in [2.24, 2.45) is 16.7 Å². The van der Waals surface area contributed by atoms with Gasteiger partial charge in [-0.15, -0.1) is 0 Å². The maximum atomic E-state index is 12.7. The molecule has 0 saturated heterocycles. The first-order chi connectivity index (χ1) is 5.69. The van der Waals surface area contributed by atoms with Gasteiger partial charge in [0.05, 0.1) is 5.41 Å². The number of alkyl halides is 3. The van der Waals surface area contributed by atoms with Gasteiger partial charge >= 0.3 is 6.18 Å². The maximum absolute atomic E-state index is 12.7. The average Bonchev–Trinajstić information content (AvgIpc) is 2.35. The number of hydrogen-bond acceptors (Lipinski definition) is 1. The van der Waals surface area contributed by atoms with E-state index >= 15 is 0 Å². The van der Waals surface area contributed by atoms with Crippen molar-refractivity contribution in [1.29, 1.82) is 0 Å². The van der Waals surface area contributed by atoms with Crippen LogP contribution in [-0.4, -0.2) is 19.8 Å². The summed E-state index contributed by atoms with van der Waals surface area (Å²) in [6.07, 6.45) is -4.09.